The highest BCUT2D eigenvalue weighted by atomic mass is 32.1. The first-order valence-corrected chi connectivity index (χ1v) is 7.89. The highest BCUT2D eigenvalue weighted by Gasteiger charge is 2.05. The summed E-state index contributed by atoms with van der Waals surface area (Å²) >= 11 is 10.6. The van der Waals surface area contributed by atoms with Gasteiger partial charge in [-0.1, -0.05) is 24.4 Å². The maximum atomic E-state index is 5.60. The minimum absolute atomic E-state index is 0.419. The van der Waals surface area contributed by atoms with Gasteiger partial charge in [0.1, 0.15) is 16.6 Å². The molecule has 5 N–H and O–H groups in total. The molecule has 0 aliphatic heterocycles. The van der Waals surface area contributed by atoms with Gasteiger partial charge in [-0.25, -0.2) is 9.36 Å². The Bertz CT molecular complexity index is 806. The predicted octanol–water partition coefficient (Wildman–Crippen LogP) is 1.91. The molecule has 122 valence electrons. The Hall–Kier alpha value is -2.78. The summed E-state index contributed by atoms with van der Waals surface area (Å²) in [5.74, 6) is 0.868. The Balaban J connectivity index is 1.63. The van der Waals surface area contributed by atoms with E-state index in [1.807, 2.05) is 24.3 Å². The van der Waals surface area contributed by atoms with Crippen molar-refractivity contribution in [2.24, 2.45) is 0 Å². The van der Waals surface area contributed by atoms with Crippen LogP contribution >= 0.6 is 24.4 Å². The molecule has 0 radical (unpaired) electrons. The van der Waals surface area contributed by atoms with Crippen molar-refractivity contribution >= 4 is 51.9 Å². The fraction of sp³-hybridized carbons (Fsp3) is 0.0667. The number of nitrogens with two attached hydrogens (primary N) is 2. The third-order valence-electron chi connectivity index (χ3n) is 3.24. The number of thiocarbonyl (C=S) groups is 2. The number of nitrogens with zero attached hydrogens (tertiary/aromatic N) is 4. The van der Waals surface area contributed by atoms with E-state index in [9.17, 15) is 0 Å². The second kappa shape index (κ2) is 6.77. The van der Waals surface area contributed by atoms with Gasteiger partial charge in [-0.2, -0.15) is 5.10 Å². The fourth-order valence-electron chi connectivity index (χ4n) is 2.07. The zero-order valence-corrected chi connectivity index (χ0v) is 14.2. The molecule has 0 saturated heterocycles. The summed E-state index contributed by atoms with van der Waals surface area (Å²) in [7, 11) is 0. The number of hydrogen-bond acceptors (Lipinski definition) is 6. The van der Waals surface area contributed by atoms with Crippen LogP contribution in [0.15, 0.2) is 48.8 Å². The number of hydrogen-bond donors (Lipinski definition) is 3. The summed E-state index contributed by atoms with van der Waals surface area (Å²) in [6.07, 6.45) is 4.05. The van der Waals surface area contributed by atoms with Crippen LogP contribution in [0.25, 0.3) is 0 Å². The van der Waals surface area contributed by atoms with E-state index in [4.69, 9.17) is 35.9 Å². The Kier molecular flexibility index (Phi) is 4.54. The molecule has 0 bridgehead atoms. The van der Waals surface area contributed by atoms with Crippen molar-refractivity contribution in [2.45, 2.75) is 6.42 Å². The maximum Gasteiger partial charge on any atom is 0.198 e. The maximum absolute atomic E-state index is 5.60. The third-order valence-corrected chi connectivity index (χ3v) is 3.86. The van der Waals surface area contributed by atoms with Crippen LogP contribution in [-0.2, 0) is 6.42 Å². The zero-order valence-electron chi connectivity index (χ0n) is 12.6. The lowest BCUT2D eigenvalue weighted by Crippen LogP contribution is -2.19. The molecule has 2 aromatic heterocycles. The number of anilines is 3. The van der Waals surface area contributed by atoms with Crippen LogP contribution in [0.5, 0.6) is 0 Å². The first-order valence-electron chi connectivity index (χ1n) is 7.07. The smallest absolute Gasteiger partial charge is 0.198 e. The summed E-state index contributed by atoms with van der Waals surface area (Å²) < 4.78 is 3.11. The highest BCUT2D eigenvalue weighted by molar-refractivity contribution is 7.80. The van der Waals surface area contributed by atoms with E-state index in [-0.39, 0.29) is 0 Å². The Morgan fingerprint density at radius 1 is 0.917 bits per heavy atom. The van der Waals surface area contributed by atoms with E-state index in [0.717, 1.165) is 11.3 Å². The van der Waals surface area contributed by atoms with Crippen molar-refractivity contribution in [2.75, 3.05) is 16.8 Å². The topological polar surface area (TPSA) is 99.7 Å². The number of nitrogen functional groups attached to an aromatic ring is 2. The predicted molar refractivity (Wildman–Crippen MR) is 103 cm³/mol. The lowest BCUT2D eigenvalue weighted by molar-refractivity contribution is 0.935. The van der Waals surface area contributed by atoms with Crippen molar-refractivity contribution < 1.29 is 0 Å². The molecule has 0 unspecified atom stereocenters. The van der Waals surface area contributed by atoms with Gasteiger partial charge >= 0.3 is 0 Å². The lowest BCUT2D eigenvalue weighted by atomic mass is 10.1. The van der Waals surface area contributed by atoms with Gasteiger partial charge in [0.2, 0.25) is 0 Å². The van der Waals surface area contributed by atoms with Gasteiger partial charge in [0, 0.05) is 36.6 Å². The van der Waals surface area contributed by atoms with E-state index >= 15 is 0 Å². The molecule has 0 aliphatic carbocycles. The molecule has 24 heavy (non-hydrogen) atoms. The molecule has 9 heteroatoms. The lowest BCUT2D eigenvalue weighted by Gasteiger charge is -2.09. The molecule has 0 spiro atoms. The van der Waals surface area contributed by atoms with E-state index in [1.165, 1.54) is 4.68 Å². The van der Waals surface area contributed by atoms with Gasteiger partial charge in [0.05, 0.1) is 0 Å². The first-order chi connectivity index (χ1) is 11.5. The quantitative estimate of drug-likeness (QED) is 0.616. The van der Waals surface area contributed by atoms with Crippen LogP contribution in [0.4, 0.5) is 17.3 Å². The monoisotopic (exact) mass is 357 g/mol. The van der Waals surface area contributed by atoms with Gasteiger partial charge in [-0.05, 0) is 29.9 Å². The van der Waals surface area contributed by atoms with E-state index in [0.29, 0.717) is 28.2 Å². The van der Waals surface area contributed by atoms with Crippen molar-refractivity contribution in [1.29, 1.82) is 0 Å². The Morgan fingerprint density at radius 3 is 2.04 bits per heavy atom. The fourth-order valence-corrected chi connectivity index (χ4v) is 2.56. The van der Waals surface area contributed by atoms with Crippen LogP contribution in [0.2, 0.25) is 0 Å². The molecule has 7 nitrogen and oxygen atoms in total. The molecule has 0 atom stereocenters. The van der Waals surface area contributed by atoms with Gasteiger partial charge in [-0.3, -0.25) is 0 Å². The molecule has 3 rings (SSSR count). The van der Waals surface area contributed by atoms with Gasteiger partial charge in [0.25, 0.3) is 0 Å². The summed E-state index contributed by atoms with van der Waals surface area (Å²) in [6.45, 7) is 0. The van der Waals surface area contributed by atoms with Crippen molar-refractivity contribution in [1.82, 2.24) is 19.6 Å². The van der Waals surface area contributed by atoms with Crippen LogP contribution in [0, 0.1) is 0 Å². The summed E-state index contributed by atoms with van der Waals surface area (Å²) in [5, 5.41) is 11.7. The average Bonchev–Trinajstić information content (AvgIpc) is 3.18. The number of benzene rings is 1. The van der Waals surface area contributed by atoms with E-state index < -0.39 is 0 Å². The Morgan fingerprint density at radius 2 is 1.50 bits per heavy atom. The minimum Gasteiger partial charge on any atom is -0.382 e. The van der Waals surface area contributed by atoms with Gasteiger partial charge in [0.15, 0.2) is 5.11 Å². The molecule has 0 saturated carbocycles. The number of aromatic nitrogens is 4. The second-order valence-electron chi connectivity index (χ2n) is 5.07. The third kappa shape index (κ3) is 3.76. The Labute approximate surface area is 149 Å². The normalized spacial score (nSPS) is 10.5. The van der Waals surface area contributed by atoms with Crippen molar-refractivity contribution in [3.8, 4) is 0 Å². The average molecular weight is 357 g/mol. The van der Waals surface area contributed by atoms with Crippen LogP contribution in [0.3, 0.4) is 0 Å². The standard InChI is InChI=1S/C15H15N7S2/c16-12-5-7-21(19-12)14(23)9-10-1-3-11(4-2-10)18-15(24)22-8-6-13(17)20-22/h1-8H,9H2,(H2,16,19)(H2,17,20)(H,18,24). The molecular weight excluding hydrogens is 342 g/mol. The molecular formula is C15H15N7S2. The molecule has 0 fully saturated rings. The first kappa shape index (κ1) is 16.1. The van der Waals surface area contributed by atoms with E-state index in [2.05, 4.69) is 15.5 Å². The largest absolute Gasteiger partial charge is 0.382 e. The number of rotatable bonds is 3. The number of nitrogens with one attached hydrogen (secondary N) is 1. The molecule has 0 amide bonds. The molecule has 1 aromatic carbocycles. The SMILES string of the molecule is Nc1ccn(C(=S)Cc2ccc(NC(=S)n3ccc(N)n3)cc2)n1. The summed E-state index contributed by atoms with van der Waals surface area (Å²) in [4.78, 5) is 0.676. The second-order valence-corrected chi connectivity index (χ2v) is 5.93. The van der Waals surface area contributed by atoms with E-state index in [1.54, 1.807) is 29.2 Å². The minimum atomic E-state index is 0.419. The van der Waals surface area contributed by atoms with Crippen LogP contribution in [-0.4, -0.2) is 29.7 Å². The van der Waals surface area contributed by atoms with Crippen LogP contribution in [0.1, 0.15) is 5.56 Å². The van der Waals surface area contributed by atoms with Crippen molar-refractivity contribution in [3.05, 3.63) is 54.4 Å². The highest BCUT2D eigenvalue weighted by Crippen LogP contribution is 2.12. The molecule has 3 aromatic rings. The summed E-state index contributed by atoms with van der Waals surface area (Å²) in [6, 6.07) is 11.2. The molecule has 0 aliphatic rings. The van der Waals surface area contributed by atoms with Crippen LogP contribution < -0.4 is 16.8 Å². The van der Waals surface area contributed by atoms with Gasteiger partial charge < -0.3 is 16.8 Å². The molecule has 2 heterocycles. The van der Waals surface area contributed by atoms with Gasteiger partial charge in [-0.15, -0.1) is 5.10 Å². The zero-order chi connectivity index (χ0) is 17.1. The van der Waals surface area contributed by atoms with Crippen molar-refractivity contribution in [3.63, 3.8) is 0 Å². The summed E-state index contributed by atoms with van der Waals surface area (Å²) in [5.41, 5.74) is 13.1.